The zero-order valence-electron chi connectivity index (χ0n) is 14.6. The summed E-state index contributed by atoms with van der Waals surface area (Å²) >= 11 is 0. The second-order valence-electron chi connectivity index (χ2n) is 6.17. The minimum atomic E-state index is -1.25. The first-order chi connectivity index (χ1) is 12.3. The molecule has 7 heteroatoms. The lowest BCUT2D eigenvalue weighted by molar-refractivity contribution is -0.136. The maximum absolute atomic E-state index is 13.1. The standard InChI is InChI=1S/C19H21FN2O4/c1-19(25,11-13-6-8-16(26-2)9-7-13)12-21-17(23)18(24)22-15-5-3-4-14(20)10-15/h3-10,25H,11-12H2,1-2H3,(H,21,23)(H,22,24). The molecule has 26 heavy (non-hydrogen) atoms. The highest BCUT2D eigenvalue weighted by Crippen LogP contribution is 2.16. The lowest BCUT2D eigenvalue weighted by Crippen LogP contribution is -2.45. The van der Waals surface area contributed by atoms with Crippen LogP contribution in [0, 0.1) is 5.82 Å². The molecule has 0 saturated carbocycles. The van der Waals surface area contributed by atoms with Gasteiger partial charge >= 0.3 is 11.8 Å². The van der Waals surface area contributed by atoms with E-state index in [0.29, 0.717) is 5.75 Å². The van der Waals surface area contributed by atoms with Crippen molar-refractivity contribution >= 4 is 17.5 Å². The van der Waals surface area contributed by atoms with E-state index >= 15 is 0 Å². The first kappa shape index (κ1) is 19.4. The molecule has 0 heterocycles. The highest BCUT2D eigenvalue weighted by Gasteiger charge is 2.24. The minimum absolute atomic E-state index is 0.117. The van der Waals surface area contributed by atoms with E-state index < -0.39 is 23.2 Å². The van der Waals surface area contributed by atoms with Crippen LogP contribution in [0.4, 0.5) is 10.1 Å². The topological polar surface area (TPSA) is 87.7 Å². The number of amides is 2. The van der Waals surface area contributed by atoms with Gasteiger partial charge in [-0.1, -0.05) is 18.2 Å². The fourth-order valence-electron chi connectivity index (χ4n) is 2.35. The van der Waals surface area contributed by atoms with Gasteiger partial charge in [0.2, 0.25) is 0 Å². The molecule has 0 aliphatic rings. The van der Waals surface area contributed by atoms with Crippen LogP contribution in [0.25, 0.3) is 0 Å². The van der Waals surface area contributed by atoms with Crippen molar-refractivity contribution in [1.29, 1.82) is 0 Å². The van der Waals surface area contributed by atoms with E-state index in [1.54, 1.807) is 26.2 Å². The number of carbonyl (C=O) groups excluding carboxylic acids is 2. The second kappa shape index (κ2) is 8.44. The molecule has 0 saturated heterocycles. The van der Waals surface area contributed by atoms with E-state index in [-0.39, 0.29) is 18.7 Å². The SMILES string of the molecule is COc1ccc(CC(C)(O)CNC(=O)C(=O)Nc2cccc(F)c2)cc1. The number of hydrogen-bond acceptors (Lipinski definition) is 4. The van der Waals surface area contributed by atoms with Gasteiger partial charge in [0.1, 0.15) is 11.6 Å². The van der Waals surface area contributed by atoms with Crippen molar-refractivity contribution in [3.8, 4) is 5.75 Å². The molecule has 0 aromatic heterocycles. The average molecular weight is 360 g/mol. The van der Waals surface area contributed by atoms with E-state index in [0.717, 1.165) is 11.6 Å². The summed E-state index contributed by atoms with van der Waals surface area (Å²) in [5, 5.41) is 15.1. The summed E-state index contributed by atoms with van der Waals surface area (Å²) in [5.74, 6) is -1.67. The molecule has 0 fully saturated rings. The van der Waals surface area contributed by atoms with Crippen molar-refractivity contribution < 1.29 is 23.8 Å². The summed E-state index contributed by atoms with van der Waals surface area (Å²) in [7, 11) is 1.57. The highest BCUT2D eigenvalue weighted by molar-refractivity contribution is 6.39. The van der Waals surface area contributed by atoms with Crippen LogP contribution in [0.3, 0.4) is 0 Å². The number of nitrogens with one attached hydrogen (secondary N) is 2. The number of ether oxygens (including phenoxy) is 1. The van der Waals surface area contributed by atoms with Gasteiger partial charge in [-0.25, -0.2) is 4.39 Å². The highest BCUT2D eigenvalue weighted by atomic mass is 19.1. The summed E-state index contributed by atoms with van der Waals surface area (Å²) in [6.45, 7) is 1.44. The molecule has 2 amide bonds. The molecule has 138 valence electrons. The van der Waals surface area contributed by atoms with E-state index in [1.165, 1.54) is 18.2 Å². The predicted octanol–water partition coefficient (Wildman–Crippen LogP) is 1.88. The van der Waals surface area contributed by atoms with Crippen LogP contribution < -0.4 is 15.4 Å². The molecule has 1 unspecified atom stereocenters. The van der Waals surface area contributed by atoms with Gasteiger partial charge in [-0.15, -0.1) is 0 Å². The number of methoxy groups -OCH3 is 1. The monoisotopic (exact) mass is 360 g/mol. The molecule has 0 aliphatic heterocycles. The molecule has 0 aliphatic carbocycles. The number of carbonyl (C=O) groups is 2. The lowest BCUT2D eigenvalue weighted by Gasteiger charge is -2.23. The summed E-state index contributed by atoms with van der Waals surface area (Å²) in [5.41, 5.74) is -0.215. The summed E-state index contributed by atoms with van der Waals surface area (Å²) in [6.07, 6.45) is 0.281. The molecule has 2 rings (SSSR count). The number of halogens is 1. The average Bonchev–Trinajstić information content (AvgIpc) is 2.60. The Morgan fingerprint density at radius 1 is 1.15 bits per heavy atom. The fraction of sp³-hybridized carbons (Fsp3) is 0.263. The van der Waals surface area contributed by atoms with E-state index in [1.807, 2.05) is 12.1 Å². The maximum atomic E-state index is 13.1. The lowest BCUT2D eigenvalue weighted by atomic mass is 9.96. The summed E-state index contributed by atoms with van der Waals surface area (Å²) < 4.78 is 18.2. The zero-order valence-corrected chi connectivity index (χ0v) is 14.6. The van der Waals surface area contributed by atoms with Crippen molar-refractivity contribution in [2.24, 2.45) is 0 Å². The van der Waals surface area contributed by atoms with E-state index in [4.69, 9.17) is 4.74 Å². The van der Waals surface area contributed by atoms with Crippen LogP contribution in [0.1, 0.15) is 12.5 Å². The van der Waals surface area contributed by atoms with Crippen molar-refractivity contribution in [2.45, 2.75) is 18.9 Å². The van der Waals surface area contributed by atoms with Crippen molar-refractivity contribution in [2.75, 3.05) is 19.0 Å². The van der Waals surface area contributed by atoms with Gasteiger partial charge < -0.3 is 20.5 Å². The molecule has 1 atom stereocenters. The Balaban J connectivity index is 1.86. The van der Waals surface area contributed by atoms with Crippen molar-refractivity contribution in [3.05, 3.63) is 59.9 Å². The predicted molar refractivity (Wildman–Crippen MR) is 95.4 cm³/mol. The Labute approximate surface area is 151 Å². The quantitative estimate of drug-likeness (QED) is 0.687. The first-order valence-corrected chi connectivity index (χ1v) is 7.99. The van der Waals surface area contributed by atoms with Crippen LogP contribution in [0.5, 0.6) is 5.75 Å². The summed E-state index contributed by atoms with van der Waals surface area (Å²) in [6, 6.07) is 12.4. The Hall–Kier alpha value is -2.93. The Morgan fingerprint density at radius 2 is 1.85 bits per heavy atom. The maximum Gasteiger partial charge on any atom is 0.313 e. The largest absolute Gasteiger partial charge is 0.497 e. The van der Waals surface area contributed by atoms with Gasteiger partial charge in [-0.05, 0) is 42.8 Å². The normalized spacial score (nSPS) is 12.8. The number of aliphatic hydroxyl groups is 1. The molecule has 6 nitrogen and oxygen atoms in total. The number of anilines is 1. The molecule has 0 spiro atoms. The minimum Gasteiger partial charge on any atom is -0.497 e. The zero-order chi connectivity index (χ0) is 19.2. The van der Waals surface area contributed by atoms with Gasteiger partial charge in [-0.2, -0.15) is 0 Å². The van der Waals surface area contributed by atoms with Gasteiger partial charge in [0.25, 0.3) is 0 Å². The smallest absolute Gasteiger partial charge is 0.313 e. The fourth-order valence-corrected chi connectivity index (χ4v) is 2.35. The Bertz CT molecular complexity index is 775. The molecular formula is C19H21FN2O4. The van der Waals surface area contributed by atoms with Gasteiger partial charge in [-0.3, -0.25) is 9.59 Å². The Morgan fingerprint density at radius 3 is 2.46 bits per heavy atom. The van der Waals surface area contributed by atoms with Crippen LogP contribution in [0.15, 0.2) is 48.5 Å². The molecule has 0 radical (unpaired) electrons. The van der Waals surface area contributed by atoms with E-state index in [2.05, 4.69) is 10.6 Å². The first-order valence-electron chi connectivity index (χ1n) is 7.99. The van der Waals surface area contributed by atoms with Gasteiger partial charge in [0.05, 0.1) is 12.7 Å². The third-order valence-corrected chi connectivity index (χ3v) is 3.66. The molecular weight excluding hydrogens is 339 g/mol. The van der Waals surface area contributed by atoms with Gasteiger partial charge in [0.15, 0.2) is 0 Å². The Kier molecular flexibility index (Phi) is 6.30. The molecule has 2 aromatic carbocycles. The number of benzene rings is 2. The molecule has 3 N–H and O–H groups in total. The number of hydrogen-bond donors (Lipinski definition) is 3. The van der Waals surface area contributed by atoms with E-state index in [9.17, 15) is 19.1 Å². The van der Waals surface area contributed by atoms with Crippen LogP contribution in [0.2, 0.25) is 0 Å². The third kappa shape index (κ3) is 5.86. The van der Waals surface area contributed by atoms with Crippen LogP contribution >= 0.6 is 0 Å². The van der Waals surface area contributed by atoms with Crippen LogP contribution in [-0.2, 0) is 16.0 Å². The van der Waals surface area contributed by atoms with Crippen LogP contribution in [-0.4, -0.2) is 36.2 Å². The number of rotatable bonds is 6. The molecule has 0 bridgehead atoms. The summed E-state index contributed by atoms with van der Waals surface area (Å²) in [4.78, 5) is 23.7. The van der Waals surface area contributed by atoms with Gasteiger partial charge in [0, 0.05) is 18.7 Å². The third-order valence-electron chi connectivity index (χ3n) is 3.66. The second-order valence-corrected chi connectivity index (χ2v) is 6.17. The van der Waals surface area contributed by atoms with Crippen molar-refractivity contribution in [1.82, 2.24) is 5.32 Å². The van der Waals surface area contributed by atoms with Crippen molar-refractivity contribution in [3.63, 3.8) is 0 Å². The molecule has 2 aromatic rings.